The number of benzene rings is 2. The van der Waals surface area contributed by atoms with E-state index in [1.165, 1.54) is 7.05 Å². The Morgan fingerprint density at radius 3 is 2.58 bits per heavy atom. The fourth-order valence-corrected chi connectivity index (χ4v) is 3.96. The second kappa shape index (κ2) is 13.0. The van der Waals surface area contributed by atoms with Crippen LogP contribution >= 0.6 is 23.5 Å². The molecule has 10 heteroatoms. The molecule has 2 aromatic carbocycles. The molecule has 0 unspecified atom stereocenters. The third kappa shape index (κ3) is 7.87. The smallest absolute Gasteiger partial charge is 0.257 e. The van der Waals surface area contributed by atoms with Crippen LogP contribution in [0.3, 0.4) is 0 Å². The van der Waals surface area contributed by atoms with Gasteiger partial charge in [-0.1, -0.05) is 30.7 Å². The molecule has 178 valence electrons. The highest BCUT2D eigenvalue weighted by molar-refractivity contribution is 8.00. The fourth-order valence-electron chi connectivity index (χ4n) is 2.89. The van der Waals surface area contributed by atoms with Gasteiger partial charge in [-0.3, -0.25) is 15.0 Å². The van der Waals surface area contributed by atoms with Crippen LogP contribution in [0.5, 0.6) is 5.75 Å². The first-order valence-electron chi connectivity index (χ1n) is 10.6. The van der Waals surface area contributed by atoms with Crippen LogP contribution in [0.15, 0.2) is 36.4 Å². The minimum Gasteiger partial charge on any atom is -0.483 e. The normalized spacial score (nSPS) is 10.4. The maximum atomic E-state index is 12.9. The van der Waals surface area contributed by atoms with Crippen LogP contribution in [0.2, 0.25) is 5.02 Å². The van der Waals surface area contributed by atoms with Crippen LogP contribution in [-0.4, -0.2) is 43.6 Å². The van der Waals surface area contributed by atoms with E-state index in [4.69, 9.17) is 27.5 Å². The van der Waals surface area contributed by atoms with Gasteiger partial charge in [0.1, 0.15) is 11.6 Å². The van der Waals surface area contributed by atoms with Crippen LogP contribution in [0.1, 0.15) is 41.8 Å². The first-order valence-corrected chi connectivity index (χ1v) is 11.9. The monoisotopic (exact) mass is 491 g/mol. The van der Waals surface area contributed by atoms with Gasteiger partial charge in [-0.25, -0.2) is 0 Å². The number of rotatable bonds is 12. The summed E-state index contributed by atoms with van der Waals surface area (Å²) in [5, 5.41) is 13.5. The highest BCUT2D eigenvalue weighted by atomic mass is 35.5. The summed E-state index contributed by atoms with van der Waals surface area (Å²) in [6.07, 6.45) is 1.04. The number of nitrogen functional groups attached to an aromatic ring is 1. The molecule has 0 aliphatic carbocycles. The first-order chi connectivity index (χ1) is 15.8. The molecule has 0 heterocycles. The van der Waals surface area contributed by atoms with Crippen molar-refractivity contribution in [2.75, 3.05) is 30.3 Å². The Bertz CT molecular complexity index is 1000. The largest absolute Gasteiger partial charge is 0.483 e. The van der Waals surface area contributed by atoms with Gasteiger partial charge >= 0.3 is 0 Å². The van der Waals surface area contributed by atoms with Gasteiger partial charge in [0.15, 0.2) is 6.61 Å². The number of nitrogens with two attached hydrogens (primary N) is 1. The summed E-state index contributed by atoms with van der Waals surface area (Å²) in [7, 11) is 1.51. The van der Waals surface area contributed by atoms with Crippen molar-refractivity contribution >= 4 is 46.9 Å². The van der Waals surface area contributed by atoms with Gasteiger partial charge in [-0.15, -0.1) is 0 Å². The zero-order valence-corrected chi connectivity index (χ0v) is 20.6. The lowest BCUT2D eigenvalue weighted by atomic mass is 10.1. The van der Waals surface area contributed by atoms with E-state index in [0.717, 1.165) is 24.4 Å². The number of nitrogens with zero attached hydrogens (tertiary/aromatic N) is 1. The van der Waals surface area contributed by atoms with E-state index in [1.54, 1.807) is 36.2 Å². The molecule has 0 aromatic heterocycles. The van der Waals surface area contributed by atoms with Crippen molar-refractivity contribution in [1.82, 2.24) is 10.6 Å². The minimum absolute atomic E-state index is 0.122. The zero-order chi connectivity index (χ0) is 24.4. The first kappa shape index (κ1) is 26.3. The highest BCUT2D eigenvalue weighted by Gasteiger charge is 2.14. The maximum Gasteiger partial charge on any atom is 0.257 e. The summed E-state index contributed by atoms with van der Waals surface area (Å²) >= 11 is 7.99. The predicted molar refractivity (Wildman–Crippen MR) is 135 cm³/mol. The number of carbonyl (C=O) groups is 2. The van der Waals surface area contributed by atoms with Crippen LogP contribution in [0.4, 0.5) is 5.69 Å². The Labute approximate surface area is 203 Å². The zero-order valence-electron chi connectivity index (χ0n) is 19.0. The number of amides is 2. The molecule has 0 radical (unpaired) electrons. The van der Waals surface area contributed by atoms with Gasteiger partial charge < -0.3 is 25.4 Å². The van der Waals surface area contributed by atoms with Gasteiger partial charge in [0, 0.05) is 53.3 Å². The van der Waals surface area contributed by atoms with E-state index in [9.17, 15) is 9.59 Å². The molecule has 0 aliphatic heterocycles. The van der Waals surface area contributed by atoms with Crippen molar-refractivity contribution in [3.05, 3.63) is 58.1 Å². The summed E-state index contributed by atoms with van der Waals surface area (Å²) in [4.78, 5) is 24.5. The SMILES string of the molecule is CCCSN(CC)c1cc(Cl)cc(C(=O)NCc2ccc(C(=N)N)cc2OCC(=O)NC)c1. The van der Waals surface area contributed by atoms with E-state index in [0.29, 0.717) is 27.5 Å². The Morgan fingerprint density at radius 2 is 1.94 bits per heavy atom. The summed E-state index contributed by atoms with van der Waals surface area (Å²) < 4.78 is 7.70. The topological polar surface area (TPSA) is 121 Å². The van der Waals surface area contributed by atoms with E-state index in [2.05, 4.69) is 21.9 Å². The van der Waals surface area contributed by atoms with Crippen LogP contribution in [0.25, 0.3) is 0 Å². The van der Waals surface area contributed by atoms with E-state index in [-0.39, 0.29) is 30.8 Å². The summed E-state index contributed by atoms with van der Waals surface area (Å²) in [6.45, 7) is 4.91. The number of anilines is 1. The number of likely N-dealkylation sites (N-methyl/N-ethyl adjacent to an activating group) is 1. The fraction of sp³-hybridized carbons (Fsp3) is 0.348. The van der Waals surface area contributed by atoms with E-state index in [1.807, 2.05) is 19.1 Å². The molecule has 2 amide bonds. The standard InChI is InChI=1S/C23H30ClN5O3S/c1-4-8-33-29(5-2)19-10-17(9-18(24)12-19)23(31)28-13-16-7-6-15(22(25)26)11-20(16)32-14-21(30)27-3/h6-7,9-12H,4-5,8,13-14H2,1-3H3,(H3,25,26)(H,27,30)(H,28,31). The van der Waals surface area contributed by atoms with E-state index >= 15 is 0 Å². The molecule has 5 N–H and O–H groups in total. The lowest BCUT2D eigenvalue weighted by molar-refractivity contribution is -0.122. The second-order valence-electron chi connectivity index (χ2n) is 7.11. The van der Waals surface area contributed by atoms with Crippen molar-refractivity contribution in [2.24, 2.45) is 5.73 Å². The van der Waals surface area contributed by atoms with E-state index < -0.39 is 0 Å². The highest BCUT2D eigenvalue weighted by Crippen LogP contribution is 2.28. The lowest BCUT2D eigenvalue weighted by Gasteiger charge is -2.22. The van der Waals surface area contributed by atoms with Crippen LogP contribution in [0, 0.1) is 5.41 Å². The molecule has 0 fully saturated rings. The number of hydrogen-bond acceptors (Lipinski definition) is 6. The predicted octanol–water partition coefficient (Wildman–Crippen LogP) is 3.56. The third-order valence-corrected chi connectivity index (χ3v) is 6.22. The van der Waals surface area contributed by atoms with Crippen molar-refractivity contribution in [3.8, 4) is 5.75 Å². The van der Waals surface area contributed by atoms with Crippen molar-refractivity contribution in [1.29, 1.82) is 5.41 Å². The van der Waals surface area contributed by atoms with Crippen molar-refractivity contribution in [3.63, 3.8) is 0 Å². The summed E-state index contributed by atoms with van der Waals surface area (Å²) in [6, 6.07) is 10.2. The summed E-state index contributed by atoms with van der Waals surface area (Å²) in [5.74, 6) is 0.626. The molecule has 0 aliphatic rings. The van der Waals surface area contributed by atoms with Crippen molar-refractivity contribution < 1.29 is 14.3 Å². The Hall–Kier alpha value is -2.91. The third-order valence-electron chi connectivity index (χ3n) is 4.63. The average molecular weight is 492 g/mol. The molecule has 8 nitrogen and oxygen atoms in total. The minimum atomic E-state index is -0.300. The molecule has 33 heavy (non-hydrogen) atoms. The number of ether oxygens (including phenoxy) is 1. The van der Waals surface area contributed by atoms with Gasteiger partial charge in [-0.05, 0) is 49.6 Å². The molecule has 0 atom stereocenters. The number of carbonyl (C=O) groups excluding carboxylic acids is 2. The molecule has 0 saturated heterocycles. The number of hydrogen-bond donors (Lipinski definition) is 4. The molecule has 2 aromatic rings. The Balaban J connectivity index is 2.19. The Kier molecular flexibility index (Phi) is 10.3. The molecule has 2 rings (SSSR count). The van der Waals surface area contributed by atoms with Crippen molar-refractivity contribution in [2.45, 2.75) is 26.8 Å². The average Bonchev–Trinajstić information content (AvgIpc) is 2.81. The number of halogens is 1. The summed E-state index contributed by atoms with van der Waals surface area (Å²) in [5.41, 5.74) is 7.99. The molecule has 0 bridgehead atoms. The molecular formula is C23H30ClN5O3S. The lowest BCUT2D eigenvalue weighted by Crippen LogP contribution is -2.26. The molecule has 0 saturated carbocycles. The number of nitrogens with one attached hydrogen (secondary N) is 3. The molecule has 0 spiro atoms. The Morgan fingerprint density at radius 1 is 1.18 bits per heavy atom. The van der Waals surface area contributed by atoms with Gasteiger partial charge in [0.2, 0.25) is 0 Å². The quantitative estimate of drug-likeness (QED) is 0.205. The second-order valence-corrected chi connectivity index (χ2v) is 8.65. The van der Waals surface area contributed by atoms with Gasteiger partial charge in [0.25, 0.3) is 11.8 Å². The van der Waals surface area contributed by atoms with Gasteiger partial charge in [-0.2, -0.15) is 0 Å². The van der Waals surface area contributed by atoms with Gasteiger partial charge in [0.05, 0.1) is 0 Å². The molecular weight excluding hydrogens is 462 g/mol. The van der Waals surface area contributed by atoms with Crippen LogP contribution in [-0.2, 0) is 11.3 Å². The maximum absolute atomic E-state index is 12.9. The number of amidine groups is 1. The van der Waals surface area contributed by atoms with Crippen LogP contribution < -0.4 is 25.4 Å².